The summed E-state index contributed by atoms with van der Waals surface area (Å²) in [6.07, 6.45) is -1.28. The zero-order chi connectivity index (χ0) is 25.0. The van der Waals surface area contributed by atoms with Crippen molar-refractivity contribution < 1.29 is 32.6 Å². The van der Waals surface area contributed by atoms with E-state index >= 15 is 0 Å². The fraction of sp³-hybridized carbons (Fsp3) is 0.304. The number of aliphatic hydroxyl groups excluding tert-OH is 1. The number of halogens is 3. The number of hydrogen-bond acceptors (Lipinski definition) is 6. The molecule has 2 aromatic rings. The minimum atomic E-state index is -4.70. The lowest BCUT2D eigenvalue weighted by Gasteiger charge is -2.17. The van der Waals surface area contributed by atoms with Crippen LogP contribution in [-0.2, 0) is 15.7 Å². The molecule has 2 amide bonds. The van der Waals surface area contributed by atoms with E-state index in [-0.39, 0.29) is 34.9 Å². The van der Waals surface area contributed by atoms with E-state index < -0.39 is 23.9 Å². The van der Waals surface area contributed by atoms with Crippen LogP contribution in [0.2, 0.25) is 0 Å². The highest BCUT2D eigenvalue weighted by Gasteiger charge is 2.34. The minimum Gasteiger partial charge on any atom is -0.490 e. The largest absolute Gasteiger partial charge is 0.490 e. The van der Waals surface area contributed by atoms with Crippen molar-refractivity contribution in [3.05, 3.63) is 65.0 Å². The molecule has 1 unspecified atom stereocenters. The number of amides is 2. The highest BCUT2D eigenvalue weighted by Crippen LogP contribution is 2.36. The molecule has 0 saturated heterocycles. The molecule has 1 atom stereocenters. The molecule has 8 nitrogen and oxygen atoms in total. The topological polar surface area (TPSA) is 113 Å². The van der Waals surface area contributed by atoms with Gasteiger partial charge in [0.1, 0.15) is 0 Å². The van der Waals surface area contributed by atoms with Gasteiger partial charge in [-0.05, 0) is 44.5 Å². The second-order valence-electron chi connectivity index (χ2n) is 7.48. The molecule has 0 bridgehead atoms. The first-order valence-electron chi connectivity index (χ1n) is 10.4. The number of anilines is 2. The van der Waals surface area contributed by atoms with Gasteiger partial charge in [-0.1, -0.05) is 12.1 Å². The van der Waals surface area contributed by atoms with Gasteiger partial charge in [-0.15, -0.1) is 0 Å². The van der Waals surface area contributed by atoms with E-state index in [1.54, 1.807) is 26.0 Å². The average Bonchev–Trinajstić information content (AvgIpc) is 2.76. The molecule has 0 spiro atoms. The second kappa shape index (κ2) is 10.0. The van der Waals surface area contributed by atoms with Crippen LogP contribution in [0, 0.1) is 6.92 Å². The fourth-order valence-electron chi connectivity index (χ4n) is 3.27. The summed E-state index contributed by atoms with van der Waals surface area (Å²) >= 11 is 0. The van der Waals surface area contributed by atoms with Crippen molar-refractivity contribution >= 4 is 28.8 Å². The molecule has 11 heteroatoms. The van der Waals surface area contributed by atoms with E-state index in [4.69, 9.17) is 4.74 Å². The number of ketones is 1. The van der Waals surface area contributed by atoms with Gasteiger partial charge >= 0.3 is 12.2 Å². The number of carbonyl (C=O) groups is 2. The van der Waals surface area contributed by atoms with Crippen molar-refractivity contribution in [1.29, 1.82) is 0 Å². The Morgan fingerprint density at radius 2 is 2.03 bits per heavy atom. The Balaban J connectivity index is 1.75. The summed E-state index contributed by atoms with van der Waals surface area (Å²) in [5.41, 5.74) is -0.180. The summed E-state index contributed by atoms with van der Waals surface area (Å²) in [7, 11) is 0. The third-order valence-electron chi connectivity index (χ3n) is 4.92. The lowest BCUT2D eigenvalue weighted by Crippen LogP contribution is -2.21. The summed E-state index contributed by atoms with van der Waals surface area (Å²) in [4.78, 5) is 32.8. The summed E-state index contributed by atoms with van der Waals surface area (Å²) in [6.45, 7) is 4.96. The van der Waals surface area contributed by atoms with E-state index in [0.29, 0.717) is 23.7 Å². The number of nitrogens with zero attached hydrogens (tertiary/aromatic N) is 2. The second-order valence-corrected chi connectivity index (χ2v) is 7.48. The van der Waals surface area contributed by atoms with Crippen LogP contribution in [0.15, 0.2) is 42.3 Å². The van der Waals surface area contributed by atoms with Crippen molar-refractivity contribution in [3.63, 3.8) is 0 Å². The smallest absolute Gasteiger partial charge is 0.416 e. The maximum absolute atomic E-state index is 13.3. The number of carbonyl (C=O) groups excluding carboxylic acids is 2. The van der Waals surface area contributed by atoms with Crippen molar-refractivity contribution in [2.45, 2.75) is 39.5 Å². The normalized spacial score (nSPS) is 14.7. The standard InChI is InChI=1S/C23H23F3N4O4/c1-4-34-20-9-14(5-8-19(20)32)21-27-11-18(12(2)28-21)30-22(33)29-15-6-7-16(13(3)31)17(10-15)23(24,25)26/h5-7,9-11,13,31H,4,8H2,1-3H3,(H2,29,30,33). The number of ether oxygens (including phenoxy) is 1. The van der Waals surface area contributed by atoms with Gasteiger partial charge in [-0.2, -0.15) is 13.2 Å². The van der Waals surface area contributed by atoms with E-state index in [1.807, 2.05) is 0 Å². The molecule has 1 aromatic carbocycles. The molecular weight excluding hydrogens is 453 g/mol. The van der Waals surface area contributed by atoms with Crippen LogP contribution in [0.25, 0.3) is 5.57 Å². The maximum Gasteiger partial charge on any atom is 0.416 e. The predicted octanol–water partition coefficient (Wildman–Crippen LogP) is 4.78. The number of hydrogen-bond donors (Lipinski definition) is 3. The Morgan fingerprint density at radius 3 is 2.65 bits per heavy atom. The quantitative estimate of drug-likeness (QED) is 0.553. The number of alkyl halides is 3. The van der Waals surface area contributed by atoms with Crippen LogP contribution >= 0.6 is 0 Å². The molecule has 34 heavy (non-hydrogen) atoms. The lowest BCUT2D eigenvalue weighted by molar-refractivity contribution is -0.139. The highest BCUT2D eigenvalue weighted by molar-refractivity contribution is 6.01. The number of urea groups is 1. The monoisotopic (exact) mass is 476 g/mol. The third kappa shape index (κ3) is 5.79. The number of aryl methyl sites for hydroxylation is 1. The minimum absolute atomic E-state index is 0.102. The molecule has 3 N–H and O–H groups in total. The molecule has 1 aromatic heterocycles. The van der Waals surface area contributed by atoms with Crippen LogP contribution < -0.4 is 10.6 Å². The molecule has 3 rings (SSSR count). The van der Waals surface area contributed by atoms with Gasteiger partial charge in [0.05, 0.1) is 35.9 Å². The number of rotatable bonds is 6. The van der Waals surface area contributed by atoms with Crippen molar-refractivity contribution in [1.82, 2.24) is 9.97 Å². The zero-order valence-corrected chi connectivity index (χ0v) is 18.7. The van der Waals surface area contributed by atoms with Crippen molar-refractivity contribution in [2.75, 3.05) is 17.2 Å². The Labute approximate surface area is 193 Å². The summed E-state index contributed by atoms with van der Waals surface area (Å²) in [5, 5.41) is 14.4. The highest BCUT2D eigenvalue weighted by atomic mass is 19.4. The van der Waals surface area contributed by atoms with Crippen LogP contribution in [0.4, 0.5) is 29.3 Å². The van der Waals surface area contributed by atoms with E-state index in [2.05, 4.69) is 20.6 Å². The molecule has 0 saturated carbocycles. The number of benzene rings is 1. The summed E-state index contributed by atoms with van der Waals surface area (Å²) in [5.74, 6) is 0.409. The Kier molecular flexibility index (Phi) is 7.35. The summed E-state index contributed by atoms with van der Waals surface area (Å²) < 4.78 is 45.3. The third-order valence-corrected chi connectivity index (χ3v) is 4.92. The first kappa shape index (κ1) is 24.9. The van der Waals surface area contributed by atoms with Crippen molar-refractivity contribution in [2.24, 2.45) is 0 Å². The Hall–Kier alpha value is -3.73. The van der Waals surface area contributed by atoms with Gasteiger partial charge in [-0.25, -0.2) is 14.8 Å². The Bertz CT molecular complexity index is 1170. The van der Waals surface area contributed by atoms with E-state index in [9.17, 15) is 27.9 Å². The number of allylic oxidation sites excluding steroid dienone is 4. The van der Waals surface area contributed by atoms with Crippen LogP contribution in [0.3, 0.4) is 0 Å². The predicted molar refractivity (Wildman–Crippen MR) is 119 cm³/mol. The van der Waals surface area contributed by atoms with Gasteiger partial charge in [0, 0.05) is 17.7 Å². The van der Waals surface area contributed by atoms with Crippen LogP contribution in [0.5, 0.6) is 0 Å². The molecule has 0 radical (unpaired) electrons. The van der Waals surface area contributed by atoms with Crippen LogP contribution in [0.1, 0.15) is 49.0 Å². The number of aromatic nitrogens is 2. The van der Waals surface area contributed by atoms with Gasteiger partial charge < -0.3 is 20.5 Å². The molecular formula is C23H23F3N4O4. The maximum atomic E-state index is 13.3. The Morgan fingerprint density at radius 1 is 1.29 bits per heavy atom. The van der Waals surface area contributed by atoms with Gasteiger partial charge in [-0.3, -0.25) is 4.79 Å². The molecule has 1 aliphatic rings. The van der Waals surface area contributed by atoms with Gasteiger partial charge in [0.2, 0.25) is 5.78 Å². The number of Topliss-reactive ketones (excluding diaryl/α,β-unsaturated/α-hetero) is 1. The van der Waals surface area contributed by atoms with Crippen molar-refractivity contribution in [3.8, 4) is 0 Å². The van der Waals surface area contributed by atoms with E-state index in [0.717, 1.165) is 12.1 Å². The van der Waals surface area contributed by atoms with Gasteiger partial charge in [0.15, 0.2) is 11.6 Å². The number of nitrogens with one attached hydrogen (secondary N) is 2. The lowest BCUT2D eigenvalue weighted by atomic mass is 10.0. The first-order valence-corrected chi connectivity index (χ1v) is 10.4. The molecule has 0 aliphatic heterocycles. The molecule has 0 fully saturated rings. The first-order chi connectivity index (χ1) is 16.0. The summed E-state index contributed by atoms with van der Waals surface area (Å²) in [6, 6.07) is 2.34. The zero-order valence-electron chi connectivity index (χ0n) is 18.7. The number of aliphatic hydroxyl groups is 1. The molecule has 1 aliphatic carbocycles. The fourth-order valence-corrected chi connectivity index (χ4v) is 3.27. The average molecular weight is 476 g/mol. The molecule has 180 valence electrons. The SMILES string of the molecule is CCOC1=CC(c2ncc(NC(=O)Nc3ccc(C(C)O)c(C(F)(F)F)c3)c(C)n2)=CCC1=O. The van der Waals surface area contributed by atoms with Crippen LogP contribution in [-0.4, -0.2) is 33.5 Å². The van der Waals surface area contributed by atoms with Gasteiger partial charge in [0.25, 0.3) is 0 Å². The van der Waals surface area contributed by atoms with E-state index in [1.165, 1.54) is 19.2 Å². The molecule has 1 heterocycles.